The second-order valence-electron chi connectivity index (χ2n) is 5.09. The fourth-order valence-corrected chi connectivity index (χ4v) is 1.65. The molecule has 0 aliphatic heterocycles. The Hall–Kier alpha value is -1.69. The lowest BCUT2D eigenvalue weighted by molar-refractivity contribution is 0.264. The van der Waals surface area contributed by atoms with Crippen LogP contribution >= 0.6 is 0 Å². The van der Waals surface area contributed by atoms with E-state index in [2.05, 4.69) is 6.07 Å². The molecule has 2 N–H and O–H groups in total. The van der Waals surface area contributed by atoms with Gasteiger partial charge in [0.15, 0.2) is 0 Å². The number of rotatable bonds is 4. The first kappa shape index (κ1) is 13.4. The van der Waals surface area contributed by atoms with Crippen LogP contribution in [0.15, 0.2) is 12.1 Å². The van der Waals surface area contributed by atoms with E-state index in [0.717, 1.165) is 16.9 Å². The average molecular weight is 232 g/mol. The van der Waals surface area contributed by atoms with Crippen molar-refractivity contribution in [3.8, 4) is 11.8 Å². The number of nitriles is 1. The third kappa shape index (κ3) is 3.67. The van der Waals surface area contributed by atoms with Crippen LogP contribution in [0, 0.1) is 30.6 Å². The van der Waals surface area contributed by atoms with Crippen molar-refractivity contribution in [3.05, 3.63) is 23.3 Å². The lowest BCUT2D eigenvalue weighted by Gasteiger charge is -2.17. The van der Waals surface area contributed by atoms with E-state index < -0.39 is 0 Å². The molecular weight excluding hydrogens is 212 g/mol. The van der Waals surface area contributed by atoms with Crippen molar-refractivity contribution in [1.29, 1.82) is 5.26 Å². The third-order valence-electron chi connectivity index (χ3n) is 2.72. The van der Waals surface area contributed by atoms with E-state index in [1.165, 1.54) is 0 Å². The van der Waals surface area contributed by atoms with Gasteiger partial charge in [0.05, 0.1) is 23.8 Å². The fourth-order valence-electron chi connectivity index (χ4n) is 1.65. The Morgan fingerprint density at radius 1 is 1.35 bits per heavy atom. The van der Waals surface area contributed by atoms with Gasteiger partial charge in [0.25, 0.3) is 0 Å². The molecule has 0 fully saturated rings. The lowest BCUT2D eigenvalue weighted by atomic mass is 9.92. The summed E-state index contributed by atoms with van der Waals surface area (Å²) >= 11 is 0. The molecule has 3 heteroatoms. The minimum Gasteiger partial charge on any atom is -0.491 e. The Bertz CT molecular complexity index is 421. The first-order valence-electron chi connectivity index (χ1n) is 5.76. The molecule has 92 valence electrons. The third-order valence-corrected chi connectivity index (χ3v) is 2.72. The number of benzene rings is 1. The van der Waals surface area contributed by atoms with Crippen LogP contribution in [0.1, 0.15) is 31.4 Å². The van der Waals surface area contributed by atoms with Gasteiger partial charge in [-0.05, 0) is 51.3 Å². The Morgan fingerprint density at radius 3 is 2.53 bits per heavy atom. The summed E-state index contributed by atoms with van der Waals surface area (Å²) in [6, 6.07) is 6.20. The van der Waals surface area contributed by atoms with Gasteiger partial charge in [-0.2, -0.15) is 5.26 Å². The molecular formula is C14H20N2O. The van der Waals surface area contributed by atoms with E-state index >= 15 is 0 Å². The van der Waals surface area contributed by atoms with E-state index in [1.807, 2.05) is 39.8 Å². The summed E-state index contributed by atoms with van der Waals surface area (Å²) in [7, 11) is 0. The van der Waals surface area contributed by atoms with Crippen molar-refractivity contribution >= 4 is 5.69 Å². The molecule has 0 amide bonds. The molecule has 17 heavy (non-hydrogen) atoms. The average Bonchev–Trinajstić information content (AvgIpc) is 2.22. The monoisotopic (exact) mass is 232 g/mol. The lowest BCUT2D eigenvalue weighted by Crippen LogP contribution is -2.14. The second kappa shape index (κ2) is 5.09. The number of anilines is 1. The fraction of sp³-hybridized carbons (Fsp3) is 0.500. The number of aryl methyl sites for hydroxylation is 2. The maximum atomic E-state index is 8.91. The number of nitrogen functional groups attached to an aromatic ring is 1. The zero-order valence-electron chi connectivity index (χ0n) is 11.0. The normalized spacial score (nSPS) is 11.0. The van der Waals surface area contributed by atoms with Gasteiger partial charge in [0.2, 0.25) is 0 Å². The quantitative estimate of drug-likeness (QED) is 0.811. The van der Waals surface area contributed by atoms with Crippen LogP contribution < -0.4 is 10.5 Å². The van der Waals surface area contributed by atoms with Crippen LogP contribution in [0.2, 0.25) is 0 Å². The maximum Gasteiger partial charge on any atom is 0.145 e. The summed E-state index contributed by atoms with van der Waals surface area (Å²) in [6.07, 6.45) is 0.691. The molecule has 0 spiro atoms. The summed E-state index contributed by atoms with van der Waals surface area (Å²) in [4.78, 5) is 0. The van der Waals surface area contributed by atoms with Crippen LogP contribution in [0.5, 0.6) is 5.75 Å². The van der Waals surface area contributed by atoms with Gasteiger partial charge in [-0.15, -0.1) is 0 Å². The van der Waals surface area contributed by atoms with Gasteiger partial charge in [0.1, 0.15) is 5.75 Å². The molecule has 0 unspecified atom stereocenters. The SMILES string of the molecule is Cc1cc(C)c(OCCC(C)(C)C#N)c(N)c1. The summed E-state index contributed by atoms with van der Waals surface area (Å²) < 4.78 is 5.68. The highest BCUT2D eigenvalue weighted by Gasteiger charge is 2.17. The van der Waals surface area contributed by atoms with Gasteiger partial charge in [0, 0.05) is 0 Å². The first-order valence-corrected chi connectivity index (χ1v) is 5.76. The smallest absolute Gasteiger partial charge is 0.145 e. The number of ether oxygens (including phenoxy) is 1. The zero-order chi connectivity index (χ0) is 13.1. The van der Waals surface area contributed by atoms with Gasteiger partial charge >= 0.3 is 0 Å². The highest BCUT2D eigenvalue weighted by molar-refractivity contribution is 5.58. The van der Waals surface area contributed by atoms with Crippen molar-refractivity contribution in [2.45, 2.75) is 34.1 Å². The molecule has 0 bridgehead atoms. The standard InChI is InChI=1S/C14H20N2O/c1-10-7-11(2)13(12(16)8-10)17-6-5-14(3,4)9-15/h7-8H,5-6,16H2,1-4H3. The van der Waals surface area contributed by atoms with Gasteiger partial charge in [-0.3, -0.25) is 0 Å². The number of nitrogens with zero attached hydrogens (tertiary/aromatic N) is 1. The van der Waals surface area contributed by atoms with Gasteiger partial charge in [-0.25, -0.2) is 0 Å². The van der Waals surface area contributed by atoms with Crippen molar-refractivity contribution in [1.82, 2.24) is 0 Å². The van der Waals surface area contributed by atoms with Crippen LogP contribution in [0.3, 0.4) is 0 Å². The maximum absolute atomic E-state index is 8.91. The van der Waals surface area contributed by atoms with Crippen LogP contribution in [-0.2, 0) is 0 Å². The molecule has 0 aliphatic rings. The van der Waals surface area contributed by atoms with Crippen LogP contribution in [-0.4, -0.2) is 6.61 Å². The highest BCUT2D eigenvalue weighted by atomic mass is 16.5. The Kier molecular flexibility index (Phi) is 4.01. The minimum absolute atomic E-state index is 0.354. The van der Waals surface area contributed by atoms with Crippen LogP contribution in [0.25, 0.3) is 0 Å². The molecule has 0 heterocycles. The van der Waals surface area contributed by atoms with Gasteiger partial charge in [-0.1, -0.05) is 6.07 Å². The molecule has 0 radical (unpaired) electrons. The molecule has 1 rings (SSSR count). The Morgan fingerprint density at radius 2 is 2.00 bits per heavy atom. The predicted octanol–water partition coefficient (Wildman–Crippen LogP) is 3.20. The van der Waals surface area contributed by atoms with E-state index in [-0.39, 0.29) is 5.41 Å². The molecule has 0 aromatic heterocycles. The molecule has 1 aromatic rings. The van der Waals surface area contributed by atoms with E-state index in [4.69, 9.17) is 15.7 Å². The first-order chi connectivity index (χ1) is 7.85. The molecule has 0 saturated heterocycles. The molecule has 0 saturated carbocycles. The highest BCUT2D eigenvalue weighted by Crippen LogP contribution is 2.28. The molecule has 3 nitrogen and oxygen atoms in total. The zero-order valence-corrected chi connectivity index (χ0v) is 11.0. The summed E-state index contributed by atoms with van der Waals surface area (Å²) in [5.41, 5.74) is 8.39. The van der Waals surface area contributed by atoms with Crippen LogP contribution in [0.4, 0.5) is 5.69 Å². The predicted molar refractivity (Wildman–Crippen MR) is 69.8 cm³/mol. The summed E-state index contributed by atoms with van der Waals surface area (Å²) in [5, 5.41) is 8.91. The largest absolute Gasteiger partial charge is 0.491 e. The second-order valence-corrected chi connectivity index (χ2v) is 5.09. The number of hydrogen-bond acceptors (Lipinski definition) is 3. The Labute approximate surface area is 103 Å². The minimum atomic E-state index is -0.354. The number of nitrogens with two attached hydrogens (primary N) is 1. The molecule has 1 aromatic carbocycles. The van der Waals surface area contributed by atoms with E-state index in [9.17, 15) is 0 Å². The van der Waals surface area contributed by atoms with Crippen molar-refractivity contribution < 1.29 is 4.74 Å². The Balaban J connectivity index is 2.68. The van der Waals surface area contributed by atoms with E-state index in [1.54, 1.807) is 0 Å². The van der Waals surface area contributed by atoms with Crippen molar-refractivity contribution in [3.63, 3.8) is 0 Å². The van der Waals surface area contributed by atoms with Crippen molar-refractivity contribution in [2.24, 2.45) is 5.41 Å². The topological polar surface area (TPSA) is 59.0 Å². The summed E-state index contributed by atoms with van der Waals surface area (Å²) in [5.74, 6) is 0.740. The number of hydrogen-bond donors (Lipinski definition) is 1. The van der Waals surface area contributed by atoms with E-state index in [0.29, 0.717) is 18.7 Å². The summed E-state index contributed by atoms with van der Waals surface area (Å²) in [6.45, 7) is 8.30. The van der Waals surface area contributed by atoms with Gasteiger partial charge < -0.3 is 10.5 Å². The van der Waals surface area contributed by atoms with Crippen molar-refractivity contribution in [2.75, 3.05) is 12.3 Å². The molecule has 0 atom stereocenters. The molecule has 0 aliphatic carbocycles.